The highest BCUT2D eigenvalue weighted by molar-refractivity contribution is 6.23. The Hall–Kier alpha value is 0.100. The van der Waals surface area contributed by atoms with Crippen LogP contribution in [0.4, 0.5) is 0 Å². The van der Waals surface area contributed by atoms with Crippen molar-refractivity contribution in [2.24, 2.45) is 0 Å². The fraction of sp³-hybridized carbons (Fsp3) is 0.400. The SMILES string of the molecule is C=C=C(CCl)CCl. The second-order valence-electron chi connectivity index (χ2n) is 1.05. The number of hydrogen-bond donors (Lipinski definition) is 0. The molecule has 2 heteroatoms. The van der Waals surface area contributed by atoms with Crippen LogP contribution in [-0.4, -0.2) is 11.8 Å². The van der Waals surface area contributed by atoms with Gasteiger partial charge in [-0.05, 0) is 0 Å². The van der Waals surface area contributed by atoms with E-state index in [2.05, 4.69) is 12.3 Å². The lowest BCUT2D eigenvalue weighted by molar-refractivity contribution is 1.43. The molecule has 0 spiro atoms. The van der Waals surface area contributed by atoms with Gasteiger partial charge < -0.3 is 0 Å². The van der Waals surface area contributed by atoms with Crippen molar-refractivity contribution >= 4 is 23.2 Å². The van der Waals surface area contributed by atoms with E-state index in [1.54, 1.807) is 0 Å². The van der Waals surface area contributed by atoms with Crippen LogP contribution in [0.5, 0.6) is 0 Å². The summed E-state index contributed by atoms with van der Waals surface area (Å²) in [6.07, 6.45) is 0. The van der Waals surface area contributed by atoms with E-state index in [1.165, 1.54) is 0 Å². The molecule has 0 aromatic carbocycles. The van der Waals surface area contributed by atoms with E-state index in [9.17, 15) is 0 Å². The van der Waals surface area contributed by atoms with Gasteiger partial charge in [-0.2, -0.15) is 0 Å². The van der Waals surface area contributed by atoms with Crippen molar-refractivity contribution < 1.29 is 0 Å². The third kappa shape index (κ3) is 2.76. The summed E-state index contributed by atoms with van der Waals surface area (Å²) in [6, 6.07) is 0. The number of hydrogen-bond acceptors (Lipinski definition) is 0. The predicted molar refractivity (Wildman–Crippen MR) is 34.1 cm³/mol. The summed E-state index contributed by atoms with van der Waals surface area (Å²) in [7, 11) is 0. The zero-order valence-electron chi connectivity index (χ0n) is 3.88. The monoisotopic (exact) mass is 136 g/mol. The van der Waals surface area contributed by atoms with E-state index in [1.807, 2.05) is 0 Å². The van der Waals surface area contributed by atoms with Crippen molar-refractivity contribution in [2.45, 2.75) is 0 Å². The fourth-order valence-corrected chi connectivity index (χ4v) is 0.605. The largest absolute Gasteiger partial charge is 0.127 e. The number of halogens is 2. The van der Waals surface area contributed by atoms with Gasteiger partial charge in [0.15, 0.2) is 0 Å². The molecule has 0 aliphatic rings. The molecule has 0 aliphatic carbocycles. The highest BCUT2D eigenvalue weighted by atomic mass is 35.5. The predicted octanol–water partition coefficient (Wildman–Crippen LogP) is 2.18. The summed E-state index contributed by atoms with van der Waals surface area (Å²) >= 11 is 10.7. The van der Waals surface area contributed by atoms with Crippen LogP contribution in [0.25, 0.3) is 0 Å². The minimum atomic E-state index is 0.438. The number of alkyl halides is 2. The topological polar surface area (TPSA) is 0 Å². The van der Waals surface area contributed by atoms with Gasteiger partial charge >= 0.3 is 0 Å². The molecule has 7 heavy (non-hydrogen) atoms. The highest BCUT2D eigenvalue weighted by Gasteiger charge is 1.85. The van der Waals surface area contributed by atoms with Gasteiger partial charge in [-0.25, -0.2) is 0 Å². The Labute approximate surface area is 53.4 Å². The van der Waals surface area contributed by atoms with Crippen LogP contribution < -0.4 is 0 Å². The molecule has 0 saturated carbocycles. The van der Waals surface area contributed by atoms with Gasteiger partial charge in [0.1, 0.15) is 0 Å². The van der Waals surface area contributed by atoms with Crippen LogP contribution in [-0.2, 0) is 0 Å². The molecule has 0 fully saturated rings. The Bertz CT molecular complexity index is 84.3. The standard InChI is InChI=1S/C5H6Cl2/c1-2-5(3-6)4-7/h1,3-4H2. The van der Waals surface area contributed by atoms with Gasteiger partial charge in [0, 0.05) is 5.57 Å². The van der Waals surface area contributed by atoms with Gasteiger partial charge in [-0.1, -0.05) is 6.58 Å². The highest BCUT2D eigenvalue weighted by Crippen LogP contribution is 1.95. The van der Waals surface area contributed by atoms with E-state index >= 15 is 0 Å². The van der Waals surface area contributed by atoms with Gasteiger partial charge in [0.05, 0.1) is 11.8 Å². The van der Waals surface area contributed by atoms with Crippen molar-refractivity contribution in [1.29, 1.82) is 0 Å². The van der Waals surface area contributed by atoms with Crippen molar-refractivity contribution in [1.82, 2.24) is 0 Å². The molecular weight excluding hydrogens is 131 g/mol. The minimum Gasteiger partial charge on any atom is -0.127 e. The molecule has 0 bridgehead atoms. The molecule has 40 valence electrons. The quantitative estimate of drug-likeness (QED) is 0.404. The summed E-state index contributed by atoms with van der Waals surface area (Å²) < 4.78 is 0. The minimum absolute atomic E-state index is 0.438. The molecule has 0 heterocycles. The lowest BCUT2D eigenvalue weighted by Crippen LogP contribution is -1.80. The molecule has 0 amide bonds. The van der Waals surface area contributed by atoms with Crippen LogP contribution >= 0.6 is 23.2 Å². The maximum absolute atomic E-state index is 5.34. The molecule has 0 unspecified atom stereocenters. The Morgan fingerprint density at radius 3 is 1.86 bits per heavy atom. The first kappa shape index (κ1) is 7.10. The number of allylic oxidation sites excluding steroid dienone is 1. The smallest absolute Gasteiger partial charge is 0.0520 e. The zero-order chi connectivity index (χ0) is 5.70. The Kier molecular flexibility index (Phi) is 4.32. The maximum atomic E-state index is 5.34. The summed E-state index contributed by atoms with van der Waals surface area (Å²) in [6.45, 7) is 3.37. The van der Waals surface area contributed by atoms with Crippen LogP contribution in [0.1, 0.15) is 0 Å². The lowest BCUT2D eigenvalue weighted by atomic mass is 10.4. The van der Waals surface area contributed by atoms with Crippen LogP contribution in [0, 0.1) is 0 Å². The van der Waals surface area contributed by atoms with E-state index in [-0.39, 0.29) is 0 Å². The van der Waals surface area contributed by atoms with E-state index in [4.69, 9.17) is 23.2 Å². The third-order valence-electron chi connectivity index (χ3n) is 0.573. The van der Waals surface area contributed by atoms with Crippen LogP contribution in [0.3, 0.4) is 0 Å². The Balaban J connectivity index is 3.61. The molecule has 0 radical (unpaired) electrons. The molecule has 0 N–H and O–H groups in total. The Morgan fingerprint density at radius 2 is 1.86 bits per heavy atom. The normalized spacial score (nSPS) is 7.71. The second-order valence-corrected chi connectivity index (χ2v) is 1.58. The second kappa shape index (κ2) is 4.26. The molecule has 0 saturated heterocycles. The molecule has 0 nitrogen and oxygen atoms in total. The molecule has 0 aliphatic heterocycles. The van der Waals surface area contributed by atoms with Crippen LogP contribution in [0.2, 0.25) is 0 Å². The summed E-state index contributed by atoms with van der Waals surface area (Å²) in [5.74, 6) is 0.875. The first-order chi connectivity index (χ1) is 3.35. The van der Waals surface area contributed by atoms with Gasteiger partial charge in [0.25, 0.3) is 0 Å². The fourth-order valence-electron chi connectivity index (χ4n) is 0.130. The van der Waals surface area contributed by atoms with E-state index < -0.39 is 0 Å². The summed E-state index contributed by atoms with van der Waals surface area (Å²) in [5.41, 5.74) is 3.45. The van der Waals surface area contributed by atoms with Crippen molar-refractivity contribution in [3.63, 3.8) is 0 Å². The van der Waals surface area contributed by atoms with E-state index in [0.717, 1.165) is 5.57 Å². The lowest BCUT2D eigenvalue weighted by Gasteiger charge is -1.85. The Morgan fingerprint density at radius 1 is 1.43 bits per heavy atom. The van der Waals surface area contributed by atoms with Crippen LogP contribution in [0.15, 0.2) is 17.9 Å². The molecular formula is C5H6Cl2. The average Bonchev–Trinajstić information content (AvgIpc) is 1.72. The van der Waals surface area contributed by atoms with E-state index in [0.29, 0.717) is 11.8 Å². The summed E-state index contributed by atoms with van der Waals surface area (Å²) in [5, 5.41) is 0. The van der Waals surface area contributed by atoms with Gasteiger partial charge in [0.2, 0.25) is 0 Å². The molecule has 0 rings (SSSR count). The molecule has 0 aromatic heterocycles. The summed E-state index contributed by atoms with van der Waals surface area (Å²) in [4.78, 5) is 0. The van der Waals surface area contributed by atoms with Crippen molar-refractivity contribution in [2.75, 3.05) is 11.8 Å². The number of rotatable bonds is 2. The third-order valence-corrected chi connectivity index (χ3v) is 1.22. The molecule has 0 aromatic rings. The first-order valence-electron chi connectivity index (χ1n) is 1.85. The van der Waals surface area contributed by atoms with Crippen molar-refractivity contribution in [3.05, 3.63) is 17.9 Å². The average molecular weight is 137 g/mol. The van der Waals surface area contributed by atoms with Gasteiger partial charge in [-0.3, -0.25) is 0 Å². The maximum Gasteiger partial charge on any atom is 0.0520 e. The molecule has 0 atom stereocenters. The van der Waals surface area contributed by atoms with Crippen molar-refractivity contribution in [3.8, 4) is 0 Å². The van der Waals surface area contributed by atoms with Gasteiger partial charge in [-0.15, -0.1) is 28.9 Å². The first-order valence-corrected chi connectivity index (χ1v) is 2.91. The zero-order valence-corrected chi connectivity index (χ0v) is 5.39.